The van der Waals surface area contributed by atoms with Gasteiger partial charge in [-0.3, -0.25) is 10.1 Å². The van der Waals surface area contributed by atoms with E-state index in [-0.39, 0.29) is 11.1 Å². The van der Waals surface area contributed by atoms with Gasteiger partial charge >= 0.3 is 0 Å². The van der Waals surface area contributed by atoms with Crippen molar-refractivity contribution in [2.24, 2.45) is 0 Å². The molecular formula is C11H9ClN2O3. The molecule has 17 heavy (non-hydrogen) atoms. The highest BCUT2D eigenvalue weighted by atomic mass is 35.5. The minimum atomic E-state index is -0.457. The lowest BCUT2D eigenvalue weighted by Gasteiger charge is -1.98. The van der Waals surface area contributed by atoms with Gasteiger partial charge in [0.25, 0.3) is 5.69 Å². The fourth-order valence-corrected chi connectivity index (χ4v) is 1.54. The van der Waals surface area contributed by atoms with Crippen LogP contribution in [0.1, 0.15) is 18.2 Å². The summed E-state index contributed by atoms with van der Waals surface area (Å²) in [7, 11) is 0. The maximum atomic E-state index is 10.9. The number of nitrogens with zero attached hydrogens (tertiary/aromatic N) is 2. The van der Waals surface area contributed by atoms with Crippen molar-refractivity contribution in [3.63, 3.8) is 0 Å². The summed E-state index contributed by atoms with van der Waals surface area (Å²) in [6, 6.07) is 6.33. The minimum absolute atomic E-state index is 0.0163. The van der Waals surface area contributed by atoms with Crippen LogP contribution in [0.4, 0.5) is 5.69 Å². The molecule has 0 radical (unpaired) electrons. The maximum absolute atomic E-state index is 10.9. The molecule has 1 atom stereocenters. The average Bonchev–Trinajstić information content (AvgIpc) is 2.78. The molecule has 0 spiro atoms. The van der Waals surface area contributed by atoms with Gasteiger partial charge in [-0.2, -0.15) is 0 Å². The summed E-state index contributed by atoms with van der Waals surface area (Å²) >= 11 is 5.82. The number of hydrogen-bond donors (Lipinski definition) is 0. The summed E-state index contributed by atoms with van der Waals surface area (Å²) in [5, 5.41) is 10.5. The third kappa shape index (κ3) is 2.29. The van der Waals surface area contributed by atoms with E-state index in [1.807, 2.05) is 0 Å². The number of rotatable bonds is 3. The smallest absolute Gasteiger partial charge is 0.280 e. The van der Waals surface area contributed by atoms with E-state index in [1.54, 1.807) is 25.1 Å². The molecule has 1 unspecified atom stereocenters. The van der Waals surface area contributed by atoms with E-state index in [2.05, 4.69) is 4.98 Å². The van der Waals surface area contributed by atoms with Gasteiger partial charge in [0.2, 0.25) is 5.89 Å². The van der Waals surface area contributed by atoms with E-state index in [0.29, 0.717) is 17.2 Å². The predicted molar refractivity (Wildman–Crippen MR) is 62.9 cm³/mol. The molecule has 1 heterocycles. The van der Waals surface area contributed by atoms with E-state index >= 15 is 0 Å². The number of halogens is 1. The summed E-state index contributed by atoms with van der Waals surface area (Å²) in [4.78, 5) is 14.4. The predicted octanol–water partition coefficient (Wildman–Crippen LogP) is 3.55. The van der Waals surface area contributed by atoms with Crippen LogP contribution >= 0.6 is 11.6 Å². The molecule has 88 valence electrons. The summed E-state index contributed by atoms with van der Waals surface area (Å²) in [5.41, 5.74) is 0.381. The number of para-hydroxylation sites is 1. The topological polar surface area (TPSA) is 69.2 Å². The van der Waals surface area contributed by atoms with Gasteiger partial charge in [-0.1, -0.05) is 12.1 Å². The largest absolute Gasteiger partial charge is 0.439 e. The average molecular weight is 253 g/mol. The number of aromatic nitrogens is 1. The highest BCUT2D eigenvalue weighted by molar-refractivity contribution is 6.20. The second-order valence-electron chi connectivity index (χ2n) is 3.45. The van der Waals surface area contributed by atoms with Crippen LogP contribution in [0.2, 0.25) is 0 Å². The maximum Gasteiger partial charge on any atom is 0.280 e. The Bertz CT molecular complexity index is 551. The molecule has 0 N–H and O–H groups in total. The lowest BCUT2D eigenvalue weighted by atomic mass is 10.1. The molecule has 0 saturated heterocycles. The van der Waals surface area contributed by atoms with Gasteiger partial charge in [-0.05, 0) is 13.0 Å². The summed E-state index contributed by atoms with van der Waals surface area (Å²) < 4.78 is 5.37. The first kappa shape index (κ1) is 11.6. The standard InChI is InChI=1S/C11H9ClN2O3/c1-7(12)11-13-6-10(17-11)8-4-2-3-5-9(8)14(15)16/h2-7H,1H3. The Labute approximate surface area is 102 Å². The molecule has 6 heteroatoms. The van der Waals surface area contributed by atoms with Crippen LogP contribution in [-0.2, 0) is 0 Å². The van der Waals surface area contributed by atoms with Crippen molar-refractivity contribution in [3.05, 3.63) is 46.5 Å². The Kier molecular flexibility index (Phi) is 3.10. The molecule has 0 aliphatic heterocycles. The number of benzene rings is 1. The molecule has 2 rings (SSSR count). The Hall–Kier alpha value is -1.88. The van der Waals surface area contributed by atoms with Crippen molar-refractivity contribution in [2.45, 2.75) is 12.3 Å². The molecule has 5 nitrogen and oxygen atoms in total. The third-order valence-electron chi connectivity index (χ3n) is 2.23. The van der Waals surface area contributed by atoms with E-state index in [9.17, 15) is 10.1 Å². The van der Waals surface area contributed by atoms with Crippen molar-refractivity contribution in [3.8, 4) is 11.3 Å². The molecular weight excluding hydrogens is 244 g/mol. The Morgan fingerprint density at radius 2 is 2.18 bits per heavy atom. The van der Waals surface area contributed by atoms with Crippen LogP contribution in [0, 0.1) is 10.1 Å². The summed E-state index contributed by atoms with van der Waals surface area (Å²) in [5.74, 6) is 0.694. The monoisotopic (exact) mass is 252 g/mol. The molecule has 1 aromatic carbocycles. The van der Waals surface area contributed by atoms with E-state index in [0.717, 1.165) is 0 Å². The van der Waals surface area contributed by atoms with Gasteiger partial charge in [-0.15, -0.1) is 11.6 Å². The lowest BCUT2D eigenvalue weighted by Crippen LogP contribution is -1.90. The van der Waals surface area contributed by atoms with Crippen molar-refractivity contribution < 1.29 is 9.34 Å². The van der Waals surface area contributed by atoms with Crippen LogP contribution < -0.4 is 0 Å². The molecule has 0 saturated carbocycles. The van der Waals surface area contributed by atoms with Crippen molar-refractivity contribution in [1.29, 1.82) is 0 Å². The van der Waals surface area contributed by atoms with Gasteiger partial charge in [-0.25, -0.2) is 4.98 Å². The van der Waals surface area contributed by atoms with Crippen LogP contribution in [0.3, 0.4) is 0 Å². The van der Waals surface area contributed by atoms with Gasteiger partial charge < -0.3 is 4.42 Å². The third-order valence-corrected chi connectivity index (χ3v) is 2.42. The van der Waals surface area contributed by atoms with Crippen molar-refractivity contribution in [1.82, 2.24) is 4.98 Å². The summed E-state index contributed by atoms with van der Waals surface area (Å²) in [6.07, 6.45) is 1.44. The zero-order valence-electron chi connectivity index (χ0n) is 8.96. The molecule has 0 bridgehead atoms. The van der Waals surface area contributed by atoms with E-state index < -0.39 is 4.92 Å². The first-order chi connectivity index (χ1) is 8.09. The molecule has 0 amide bonds. The number of alkyl halides is 1. The van der Waals surface area contributed by atoms with E-state index in [4.69, 9.17) is 16.0 Å². The van der Waals surface area contributed by atoms with E-state index in [1.165, 1.54) is 12.3 Å². The molecule has 0 aliphatic rings. The number of nitro benzene ring substituents is 1. The van der Waals surface area contributed by atoms with Gasteiger partial charge in [0.1, 0.15) is 5.38 Å². The lowest BCUT2D eigenvalue weighted by molar-refractivity contribution is -0.384. The molecule has 2 aromatic rings. The second-order valence-corrected chi connectivity index (χ2v) is 4.11. The number of hydrogen-bond acceptors (Lipinski definition) is 4. The molecule has 0 aliphatic carbocycles. The van der Waals surface area contributed by atoms with Crippen LogP contribution in [-0.4, -0.2) is 9.91 Å². The van der Waals surface area contributed by atoms with Crippen LogP contribution in [0.5, 0.6) is 0 Å². The first-order valence-corrected chi connectivity index (χ1v) is 5.37. The zero-order chi connectivity index (χ0) is 12.4. The van der Waals surface area contributed by atoms with Crippen molar-refractivity contribution in [2.75, 3.05) is 0 Å². The highest BCUT2D eigenvalue weighted by Gasteiger charge is 2.18. The fourth-order valence-electron chi connectivity index (χ4n) is 1.44. The van der Waals surface area contributed by atoms with Crippen molar-refractivity contribution >= 4 is 17.3 Å². The normalized spacial score (nSPS) is 12.4. The van der Waals surface area contributed by atoms with Gasteiger partial charge in [0, 0.05) is 6.07 Å². The molecule has 1 aromatic heterocycles. The zero-order valence-corrected chi connectivity index (χ0v) is 9.72. The highest BCUT2D eigenvalue weighted by Crippen LogP contribution is 2.31. The van der Waals surface area contributed by atoms with Gasteiger partial charge in [0.15, 0.2) is 5.76 Å². The SMILES string of the molecule is CC(Cl)c1ncc(-c2ccccc2[N+](=O)[O-])o1. The Balaban J connectivity index is 2.49. The first-order valence-electron chi connectivity index (χ1n) is 4.93. The second kappa shape index (κ2) is 4.55. The number of nitro groups is 1. The van der Waals surface area contributed by atoms with Crippen LogP contribution in [0.15, 0.2) is 34.9 Å². The molecule has 0 fully saturated rings. The van der Waals surface area contributed by atoms with Gasteiger partial charge in [0.05, 0.1) is 16.7 Å². The quantitative estimate of drug-likeness (QED) is 0.476. The Morgan fingerprint density at radius 1 is 1.47 bits per heavy atom. The summed E-state index contributed by atoms with van der Waals surface area (Å²) in [6.45, 7) is 1.72. The number of oxazole rings is 1. The minimum Gasteiger partial charge on any atom is -0.439 e. The fraction of sp³-hybridized carbons (Fsp3) is 0.182. The Morgan fingerprint density at radius 3 is 2.76 bits per heavy atom. The van der Waals surface area contributed by atoms with Crippen LogP contribution in [0.25, 0.3) is 11.3 Å².